The normalized spacial score (nSPS) is 18.5. The second-order valence-corrected chi connectivity index (χ2v) is 5.03. The first-order chi connectivity index (χ1) is 8.04. The largest absolute Gasteiger partial charge is 0.469 e. The number of methoxy groups -OCH3 is 1. The van der Waals surface area contributed by atoms with Crippen LogP contribution in [0.15, 0.2) is 24.3 Å². The number of rotatable bonds is 4. The van der Waals surface area contributed by atoms with E-state index >= 15 is 0 Å². The van der Waals surface area contributed by atoms with Crippen LogP contribution in [0.5, 0.6) is 0 Å². The summed E-state index contributed by atoms with van der Waals surface area (Å²) in [5.41, 5.74) is 8.34. The zero-order chi connectivity index (χ0) is 12.5. The zero-order valence-corrected chi connectivity index (χ0v) is 10.4. The van der Waals surface area contributed by atoms with E-state index in [0.29, 0.717) is 0 Å². The Morgan fingerprint density at radius 2 is 2.00 bits per heavy atom. The van der Waals surface area contributed by atoms with E-state index in [1.165, 1.54) is 12.7 Å². The fourth-order valence-electron chi connectivity index (χ4n) is 1.98. The summed E-state index contributed by atoms with van der Waals surface area (Å²) in [5, 5.41) is 0. The Labute approximate surface area is 102 Å². The van der Waals surface area contributed by atoms with Gasteiger partial charge in [-0.25, -0.2) is 0 Å². The second-order valence-electron chi connectivity index (χ2n) is 5.03. The van der Waals surface area contributed by atoms with Crippen LogP contribution in [0.3, 0.4) is 0 Å². The number of ether oxygens (including phenoxy) is 1. The van der Waals surface area contributed by atoms with Crippen LogP contribution in [0.1, 0.15) is 36.8 Å². The lowest BCUT2D eigenvalue weighted by Gasteiger charge is -2.12. The van der Waals surface area contributed by atoms with Gasteiger partial charge in [0, 0.05) is 5.54 Å². The third kappa shape index (κ3) is 2.86. The van der Waals surface area contributed by atoms with Gasteiger partial charge in [-0.3, -0.25) is 4.79 Å². The summed E-state index contributed by atoms with van der Waals surface area (Å²) in [5.74, 6) is -0.406. The summed E-state index contributed by atoms with van der Waals surface area (Å²) in [4.78, 5) is 11.4. The maximum absolute atomic E-state index is 11.4. The van der Waals surface area contributed by atoms with Crippen LogP contribution in [0.2, 0.25) is 0 Å². The van der Waals surface area contributed by atoms with Gasteiger partial charge in [-0.05, 0) is 37.3 Å². The molecule has 0 saturated heterocycles. The number of carbonyl (C=O) groups excluding carboxylic acids is 1. The summed E-state index contributed by atoms with van der Waals surface area (Å²) >= 11 is 0. The van der Waals surface area contributed by atoms with Gasteiger partial charge in [0.05, 0.1) is 13.0 Å². The van der Waals surface area contributed by atoms with Crippen molar-refractivity contribution < 1.29 is 9.53 Å². The summed E-state index contributed by atoms with van der Waals surface area (Å²) in [6.07, 6.45) is 3.17. The quantitative estimate of drug-likeness (QED) is 0.809. The van der Waals surface area contributed by atoms with E-state index in [9.17, 15) is 4.79 Å². The van der Waals surface area contributed by atoms with Gasteiger partial charge in [0.2, 0.25) is 0 Å². The number of benzene rings is 1. The van der Waals surface area contributed by atoms with Crippen molar-refractivity contribution in [3.8, 4) is 0 Å². The Morgan fingerprint density at radius 1 is 1.41 bits per heavy atom. The molecule has 0 amide bonds. The third-order valence-corrected chi connectivity index (χ3v) is 3.48. The highest BCUT2D eigenvalue weighted by Gasteiger charge is 2.37. The molecule has 1 saturated carbocycles. The molecule has 1 atom stereocenters. The second kappa shape index (κ2) is 4.49. The van der Waals surface area contributed by atoms with Crippen molar-refractivity contribution in [1.29, 1.82) is 0 Å². The van der Waals surface area contributed by atoms with Gasteiger partial charge in [0.1, 0.15) is 0 Å². The molecule has 0 spiro atoms. The SMILES string of the molecule is COC(=O)C(C)c1ccc(CC2(N)CC2)cc1. The lowest BCUT2D eigenvalue weighted by atomic mass is 9.97. The summed E-state index contributed by atoms with van der Waals surface area (Å²) in [6, 6.07) is 8.09. The highest BCUT2D eigenvalue weighted by Crippen LogP contribution is 2.35. The first kappa shape index (κ1) is 12.1. The predicted molar refractivity (Wildman–Crippen MR) is 66.7 cm³/mol. The number of esters is 1. The Kier molecular flexibility index (Phi) is 3.20. The number of nitrogens with two attached hydrogens (primary N) is 1. The lowest BCUT2D eigenvalue weighted by Crippen LogP contribution is -2.24. The minimum Gasteiger partial charge on any atom is -0.469 e. The fourth-order valence-corrected chi connectivity index (χ4v) is 1.98. The van der Waals surface area contributed by atoms with E-state index < -0.39 is 0 Å². The topological polar surface area (TPSA) is 52.3 Å². The van der Waals surface area contributed by atoms with E-state index in [4.69, 9.17) is 10.5 Å². The van der Waals surface area contributed by atoms with Gasteiger partial charge < -0.3 is 10.5 Å². The highest BCUT2D eigenvalue weighted by molar-refractivity contribution is 5.77. The van der Waals surface area contributed by atoms with Gasteiger partial charge >= 0.3 is 5.97 Å². The van der Waals surface area contributed by atoms with E-state index in [0.717, 1.165) is 24.8 Å². The van der Waals surface area contributed by atoms with Crippen molar-refractivity contribution in [3.63, 3.8) is 0 Å². The molecule has 1 aromatic rings. The molecule has 1 aromatic carbocycles. The Hall–Kier alpha value is -1.35. The fraction of sp³-hybridized carbons (Fsp3) is 0.500. The molecule has 17 heavy (non-hydrogen) atoms. The maximum atomic E-state index is 11.4. The van der Waals surface area contributed by atoms with E-state index in [1.807, 2.05) is 19.1 Å². The minimum absolute atomic E-state index is 0.0372. The van der Waals surface area contributed by atoms with Gasteiger partial charge in [-0.15, -0.1) is 0 Å². The molecule has 0 aromatic heterocycles. The maximum Gasteiger partial charge on any atom is 0.312 e. The summed E-state index contributed by atoms with van der Waals surface area (Å²) in [6.45, 7) is 1.85. The molecule has 3 nitrogen and oxygen atoms in total. The monoisotopic (exact) mass is 233 g/mol. The molecule has 2 N–H and O–H groups in total. The van der Waals surface area contributed by atoms with Crippen molar-refractivity contribution >= 4 is 5.97 Å². The molecule has 2 rings (SSSR count). The van der Waals surface area contributed by atoms with Crippen molar-refractivity contribution in [3.05, 3.63) is 35.4 Å². The number of hydrogen-bond acceptors (Lipinski definition) is 3. The van der Waals surface area contributed by atoms with Crippen LogP contribution in [0, 0.1) is 0 Å². The van der Waals surface area contributed by atoms with Crippen LogP contribution in [0.4, 0.5) is 0 Å². The molecule has 0 heterocycles. The van der Waals surface area contributed by atoms with Crippen molar-refractivity contribution in [2.24, 2.45) is 5.73 Å². The Morgan fingerprint density at radius 3 is 2.47 bits per heavy atom. The van der Waals surface area contributed by atoms with E-state index in [-0.39, 0.29) is 17.4 Å². The molecule has 0 aliphatic heterocycles. The molecule has 92 valence electrons. The number of hydrogen-bond donors (Lipinski definition) is 1. The third-order valence-electron chi connectivity index (χ3n) is 3.48. The van der Waals surface area contributed by atoms with Gasteiger partial charge in [-0.1, -0.05) is 24.3 Å². The standard InChI is InChI=1S/C14H19NO2/c1-10(13(16)17-2)12-5-3-11(4-6-12)9-14(15)7-8-14/h3-6,10H,7-9,15H2,1-2H3. The highest BCUT2D eigenvalue weighted by atomic mass is 16.5. The Bertz CT molecular complexity index is 407. The predicted octanol–water partition coefficient (Wildman–Crippen LogP) is 2.00. The molecular weight excluding hydrogens is 214 g/mol. The zero-order valence-electron chi connectivity index (χ0n) is 10.4. The van der Waals surface area contributed by atoms with Gasteiger partial charge in [0.25, 0.3) is 0 Å². The van der Waals surface area contributed by atoms with E-state index in [2.05, 4.69) is 12.1 Å². The summed E-state index contributed by atoms with van der Waals surface area (Å²) < 4.78 is 4.73. The average Bonchev–Trinajstić information content (AvgIpc) is 3.06. The molecule has 1 aliphatic carbocycles. The first-order valence-electron chi connectivity index (χ1n) is 6.00. The molecule has 1 aliphatic rings. The van der Waals surface area contributed by atoms with Crippen LogP contribution in [-0.2, 0) is 16.0 Å². The van der Waals surface area contributed by atoms with Crippen LogP contribution in [-0.4, -0.2) is 18.6 Å². The van der Waals surface area contributed by atoms with Crippen molar-refractivity contribution in [1.82, 2.24) is 0 Å². The molecule has 3 heteroatoms. The molecule has 0 bridgehead atoms. The minimum atomic E-state index is -0.207. The molecular formula is C14H19NO2. The van der Waals surface area contributed by atoms with Crippen molar-refractivity contribution in [2.45, 2.75) is 37.6 Å². The molecule has 0 radical (unpaired) electrons. The average molecular weight is 233 g/mol. The van der Waals surface area contributed by atoms with E-state index in [1.54, 1.807) is 0 Å². The summed E-state index contributed by atoms with van der Waals surface area (Å²) in [7, 11) is 1.42. The first-order valence-corrected chi connectivity index (χ1v) is 6.00. The smallest absolute Gasteiger partial charge is 0.312 e. The Balaban J connectivity index is 2.04. The van der Waals surface area contributed by atoms with Crippen LogP contribution < -0.4 is 5.73 Å². The lowest BCUT2D eigenvalue weighted by molar-refractivity contribution is -0.141. The molecule has 1 fully saturated rings. The van der Waals surface area contributed by atoms with Gasteiger partial charge in [-0.2, -0.15) is 0 Å². The van der Waals surface area contributed by atoms with Crippen molar-refractivity contribution in [2.75, 3.05) is 7.11 Å². The number of carbonyl (C=O) groups is 1. The van der Waals surface area contributed by atoms with Crippen LogP contribution in [0.25, 0.3) is 0 Å². The molecule has 1 unspecified atom stereocenters. The van der Waals surface area contributed by atoms with Gasteiger partial charge in [0.15, 0.2) is 0 Å². The van der Waals surface area contributed by atoms with Crippen LogP contribution >= 0.6 is 0 Å².